The summed E-state index contributed by atoms with van der Waals surface area (Å²) in [4.78, 5) is 4.03. The quantitative estimate of drug-likeness (QED) is 0.407. The molecule has 0 fully saturated rings. The smallest absolute Gasteiger partial charge is 0.205 e. The molecule has 3 N–H and O–H groups in total. The SMILES string of the molecule is CCCCCCOc1ccc(F)cc1C=NNc1nc(N)cs1. The number of thiazole rings is 1. The second kappa shape index (κ2) is 9.09. The molecule has 124 valence electrons. The van der Waals surface area contributed by atoms with Gasteiger partial charge in [-0.1, -0.05) is 26.2 Å². The fourth-order valence-electron chi connectivity index (χ4n) is 1.96. The summed E-state index contributed by atoms with van der Waals surface area (Å²) >= 11 is 1.35. The predicted octanol–water partition coefficient (Wildman–Crippen LogP) is 4.27. The van der Waals surface area contributed by atoms with Gasteiger partial charge in [-0.3, -0.25) is 5.43 Å². The molecular weight excluding hydrogens is 315 g/mol. The van der Waals surface area contributed by atoms with Gasteiger partial charge in [0.25, 0.3) is 0 Å². The number of nitrogens with two attached hydrogens (primary N) is 1. The van der Waals surface area contributed by atoms with Crippen LogP contribution in [0.1, 0.15) is 38.2 Å². The first-order chi connectivity index (χ1) is 11.2. The van der Waals surface area contributed by atoms with Gasteiger partial charge < -0.3 is 10.5 Å². The molecule has 0 bridgehead atoms. The number of unbranched alkanes of at least 4 members (excludes halogenated alkanes) is 3. The molecule has 7 heteroatoms. The van der Waals surface area contributed by atoms with Crippen molar-refractivity contribution in [1.82, 2.24) is 4.98 Å². The van der Waals surface area contributed by atoms with Crippen LogP contribution in [-0.4, -0.2) is 17.8 Å². The first kappa shape index (κ1) is 17.2. The monoisotopic (exact) mass is 336 g/mol. The van der Waals surface area contributed by atoms with E-state index in [0.29, 0.717) is 28.9 Å². The highest BCUT2D eigenvalue weighted by Crippen LogP contribution is 2.20. The fraction of sp³-hybridized carbons (Fsp3) is 0.375. The molecule has 2 rings (SSSR count). The van der Waals surface area contributed by atoms with Crippen molar-refractivity contribution in [3.63, 3.8) is 0 Å². The molecule has 0 atom stereocenters. The zero-order valence-electron chi connectivity index (χ0n) is 13.1. The fourth-order valence-corrected chi connectivity index (χ4v) is 2.51. The average Bonchev–Trinajstić information content (AvgIpc) is 2.94. The lowest BCUT2D eigenvalue weighted by atomic mass is 10.2. The minimum absolute atomic E-state index is 0.330. The Morgan fingerprint density at radius 1 is 1.39 bits per heavy atom. The van der Waals surface area contributed by atoms with Crippen LogP contribution in [0.15, 0.2) is 28.7 Å². The van der Waals surface area contributed by atoms with Crippen molar-refractivity contribution in [3.8, 4) is 5.75 Å². The van der Waals surface area contributed by atoms with Crippen molar-refractivity contribution in [2.24, 2.45) is 5.10 Å². The first-order valence-corrected chi connectivity index (χ1v) is 8.49. The Hall–Kier alpha value is -2.15. The summed E-state index contributed by atoms with van der Waals surface area (Å²) in [5.74, 6) is 0.727. The normalized spacial score (nSPS) is 11.0. The highest BCUT2D eigenvalue weighted by molar-refractivity contribution is 7.14. The molecule has 0 saturated heterocycles. The van der Waals surface area contributed by atoms with Gasteiger partial charge in [0.05, 0.1) is 12.8 Å². The van der Waals surface area contributed by atoms with E-state index in [0.717, 1.165) is 12.8 Å². The number of nitrogen functional groups attached to an aromatic ring is 1. The van der Waals surface area contributed by atoms with Gasteiger partial charge in [-0.25, -0.2) is 9.37 Å². The maximum Gasteiger partial charge on any atom is 0.205 e. The molecule has 0 unspecified atom stereocenters. The van der Waals surface area contributed by atoms with E-state index in [4.69, 9.17) is 10.5 Å². The Bertz CT molecular complexity index is 645. The largest absolute Gasteiger partial charge is 0.493 e. The number of anilines is 2. The topological polar surface area (TPSA) is 72.5 Å². The summed E-state index contributed by atoms with van der Waals surface area (Å²) < 4.78 is 19.2. The number of halogens is 1. The van der Waals surface area contributed by atoms with Gasteiger partial charge in [0.1, 0.15) is 17.4 Å². The van der Waals surface area contributed by atoms with Crippen LogP contribution in [0, 0.1) is 5.82 Å². The van der Waals surface area contributed by atoms with Crippen LogP contribution in [0.25, 0.3) is 0 Å². The van der Waals surface area contributed by atoms with E-state index in [2.05, 4.69) is 22.4 Å². The number of hydrogen-bond donors (Lipinski definition) is 2. The lowest BCUT2D eigenvalue weighted by Gasteiger charge is -2.09. The Kier molecular flexibility index (Phi) is 6.80. The van der Waals surface area contributed by atoms with E-state index in [9.17, 15) is 4.39 Å². The molecule has 1 aromatic carbocycles. The third kappa shape index (κ3) is 5.86. The first-order valence-electron chi connectivity index (χ1n) is 7.61. The molecule has 0 amide bonds. The molecule has 1 aromatic heterocycles. The predicted molar refractivity (Wildman–Crippen MR) is 93.8 cm³/mol. The number of rotatable bonds is 9. The Labute approximate surface area is 139 Å². The number of hydrogen-bond acceptors (Lipinski definition) is 6. The number of ether oxygens (including phenoxy) is 1. The molecule has 0 aliphatic carbocycles. The Balaban J connectivity index is 1.94. The van der Waals surface area contributed by atoms with Crippen LogP contribution in [-0.2, 0) is 0 Å². The van der Waals surface area contributed by atoms with Gasteiger partial charge in [0.2, 0.25) is 5.13 Å². The van der Waals surface area contributed by atoms with Crippen LogP contribution in [0.2, 0.25) is 0 Å². The van der Waals surface area contributed by atoms with Crippen LogP contribution in [0.5, 0.6) is 5.75 Å². The maximum absolute atomic E-state index is 13.4. The van der Waals surface area contributed by atoms with Gasteiger partial charge in [-0.15, -0.1) is 11.3 Å². The van der Waals surface area contributed by atoms with Crippen LogP contribution < -0.4 is 15.9 Å². The third-order valence-electron chi connectivity index (χ3n) is 3.11. The summed E-state index contributed by atoms with van der Waals surface area (Å²) in [6, 6.07) is 4.40. The molecule has 23 heavy (non-hydrogen) atoms. The van der Waals surface area contributed by atoms with Crippen LogP contribution in [0.3, 0.4) is 0 Å². The number of nitrogens with zero attached hydrogens (tertiary/aromatic N) is 2. The molecule has 0 aliphatic heterocycles. The van der Waals surface area contributed by atoms with Crippen molar-refractivity contribution in [2.75, 3.05) is 17.8 Å². The molecule has 1 heterocycles. The van der Waals surface area contributed by atoms with E-state index < -0.39 is 0 Å². The zero-order chi connectivity index (χ0) is 16.5. The van der Waals surface area contributed by atoms with E-state index in [1.54, 1.807) is 11.4 Å². The van der Waals surface area contributed by atoms with Crippen molar-refractivity contribution in [1.29, 1.82) is 0 Å². The standard InChI is InChI=1S/C16H21FN4OS/c1-2-3-4-5-8-22-14-7-6-13(17)9-12(14)10-19-21-16-20-15(18)11-23-16/h6-7,9-11H,2-5,8,18H2,1H3,(H,20,21). The third-order valence-corrected chi connectivity index (χ3v) is 3.88. The Morgan fingerprint density at radius 2 is 2.26 bits per heavy atom. The van der Waals surface area contributed by atoms with Crippen molar-refractivity contribution in [2.45, 2.75) is 32.6 Å². The average molecular weight is 336 g/mol. The Morgan fingerprint density at radius 3 is 3.00 bits per heavy atom. The minimum atomic E-state index is -0.330. The number of benzene rings is 1. The molecule has 0 radical (unpaired) electrons. The molecule has 5 nitrogen and oxygen atoms in total. The minimum Gasteiger partial charge on any atom is -0.493 e. The van der Waals surface area contributed by atoms with Crippen molar-refractivity contribution >= 4 is 28.5 Å². The van der Waals surface area contributed by atoms with Gasteiger partial charge >= 0.3 is 0 Å². The van der Waals surface area contributed by atoms with Gasteiger partial charge in [0.15, 0.2) is 0 Å². The molecule has 2 aromatic rings. The van der Waals surface area contributed by atoms with E-state index in [1.165, 1.54) is 42.5 Å². The number of hydrazone groups is 1. The highest BCUT2D eigenvalue weighted by Gasteiger charge is 2.04. The summed E-state index contributed by atoms with van der Waals surface area (Å²) in [6.45, 7) is 2.78. The highest BCUT2D eigenvalue weighted by atomic mass is 32.1. The number of nitrogens with one attached hydrogen (secondary N) is 1. The van der Waals surface area contributed by atoms with E-state index in [-0.39, 0.29) is 5.82 Å². The van der Waals surface area contributed by atoms with Gasteiger partial charge in [0, 0.05) is 10.9 Å². The summed E-state index contributed by atoms with van der Waals surface area (Å²) in [5.41, 5.74) is 8.88. The maximum atomic E-state index is 13.4. The second-order valence-electron chi connectivity index (χ2n) is 5.04. The van der Waals surface area contributed by atoms with Crippen LogP contribution in [0.4, 0.5) is 15.3 Å². The lowest BCUT2D eigenvalue weighted by molar-refractivity contribution is 0.304. The van der Waals surface area contributed by atoms with Gasteiger partial charge in [-0.2, -0.15) is 5.10 Å². The van der Waals surface area contributed by atoms with Gasteiger partial charge in [-0.05, 0) is 24.6 Å². The van der Waals surface area contributed by atoms with Crippen LogP contribution >= 0.6 is 11.3 Å². The summed E-state index contributed by atoms with van der Waals surface area (Å²) in [6.07, 6.45) is 6.01. The number of aromatic nitrogens is 1. The van der Waals surface area contributed by atoms with E-state index >= 15 is 0 Å². The summed E-state index contributed by atoms with van der Waals surface area (Å²) in [7, 11) is 0. The summed E-state index contributed by atoms with van der Waals surface area (Å²) in [5, 5.41) is 6.35. The molecule has 0 spiro atoms. The molecule has 0 aliphatic rings. The molecular formula is C16H21FN4OS. The lowest BCUT2D eigenvalue weighted by Crippen LogP contribution is -2.01. The van der Waals surface area contributed by atoms with Crippen molar-refractivity contribution in [3.05, 3.63) is 35.0 Å². The zero-order valence-corrected chi connectivity index (χ0v) is 13.9. The van der Waals surface area contributed by atoms with Crippen molar-refractivity contribution < 1.29 is 9.13 Å². The molecule has 0 saturated carbocycles. The second-order valence-corrected chi connectivity index (χ2v) is 5.90. The van der Waals surface area contributed by atoms with E-state index in [1.807, 2.05) is 0 Å².